The minimum atomic E-state index is 0.632. The van der Waals surface area contributed by atoms with Crippen molar-refractivity contribution in [2.45, 2.75) is 50.9 Å². The molecule has 0 aromatic carbocycles. The Morgan fingerprint density at radius 2 is 2.12 bits per heavy atom. The van der Waals surface area contributed by atoms with Crippen molar-refractivity contribution in [2.75, 3.05) is 11.9 Å². The molecule has 4 nitrogen and oxygen atoms in total. The molecule has 2 N–H and O–H groups in total. The Hall–Kier alpha value is -2.36. The van der Waals surface area contributed by atoms with Crippen LogP contribution in [0.3, 0.4) is 0 Å². The first-order valence-electron chi connectivity index (χ1n) is 9.49. The summed E-state index contributed by atoms with van der Waals surface area (Å²) in [5.41, 5.74) is 5.15. The van der Waals surface area contributed by atoms with Gasteiger partial charge in [0.1, 0.15) is 5.82 Å². The van der Waals surface area contributed by atoms with E-state index in [1.807, 2.05) is 12.4 Å². The van der Waals surface area contributed by atoms with Crippen LogP contribution in [-0.4, -0.2) is 21.7 Å². The predicted molar refractivity (Wildman–Crippen MR) is 103 cm³/mol. The van der Waals surface area contributed by atoms with Crippen molar-refractivity contribution in [2.24, 2.45) is 0 Å². The zero-order valence-electron chi connectivity index (χ0n) is 14.7. The van der Waals surface area contributed by atoms with E-state index in [2.05, 4.69) is 50.9 Å². The molecule has 0 amide bonds. The van der Waals surface area contributed by atoms with Gasteiger partial charge in [0, 0.05) is 29.9 Å². The van der Waals surface area contributed by atoms with E-state index >= 15 is 0 Å². The second-order valence-electron chi connectivity index (χ2n) is 7.04. The van der Waals surface area contributed by atoms with Crippen molar-refractivity contribution in [3.63, 3.8) is 0 Å². The van der Waals surface area contributed by atoms with E-state index in [0.29, 0.717) is 5.92 Å². The third-order valence-corrected chi connectivity index (χ3v) is 5.29. The maximum Gasteiger partial charge on any atom is 0.126 e. The highest BCUT2D eigenvalue weighted by Gasteiger charge is 2.22. The van der Waals surface area contributed by atoms with Crippen LogP contribution in [0.1, 0.15) is 56.6 Å². The topological polar surface area (TPSA) is 53.6 Å². The lowest BCUT2D eigenvalue weighted by atomic mass is 9.97. The molecule has 130 valence electrons. The van der Waals surface area contributed by atoms with E-state index in [1.165, 1.54) is 60.9 Å². The van der Waals surface area contributed by atoms with Crippen molar-refractivity contribution in [1.29, 1.82) is 0 Å². The summed E-state index contributed by atoms with van der Waals surface area (Å²) in [5.74, 6) is 1.57. The number of pyridine rings is 1. The fraction of sp³-hybridized carbons (Fsp3) is 0.429. The molecular formula is C21H26N4. The third kappa shape index (κ3) is 3.84. The lowest BCUT2D eigenvalue weighted by Crippen LogP contribution is -2.04. The SMILES string of the molecule is C1=CC(CCNc2cc(-c3cn[nH]c3C3CCCC3)ccn2)=CCC1. The van der Waals surface area contributed by atoms with E-state index < -0.39 is 0 Å². The molecule has 2 aromatic rings. The second-order valence-corrected chi connectivity index (χ2v) is 7.04. The van der Waals surface area contributed by atoms with Gasteiger partial charge in [-0.15, -0.1) is 0 Å². The van der Waals surface area contributed by atoms with Gasteiger partial charge in [0.05, 0.1) is 6.20 Å². The molecule has 0 unspecified atom stereocenters. The highest BCUT2D eigenvalue weighted by molar-refractivity contribution is 5.68. The van der Waals surface area contributed by atoms with Crippen LogP contribution in [0, 0.1) is 0 Å². The number of rotatable bonds is 6. The largest absolute Gasteiger partial charge is 0.370 e. The Morgan fingerprint density at radius 1 is 1.20 bits per heavy atom. The molecular weight excluding hydrogens is 308 g/mol. The molecule has 0 radical (unpaired) electrons. The minimum absolute atomic E-state index is 0.632. The number of nitrogens with zero attached hydrogens (tertiary/aromatic N) is 2. The number of hydrogen-bond acceptors (Lipinski definition) is 3. The number of H-pyrrole nitrogens is 1. The van der Waals surface area contributed by atoms with Gasteiger partial charge in [0.2, 0.25) is 0 Å². The number of aromatic amines is 1. The van der Waals surface area contributed by atoms with Crippen LogP contribution in [0.4, 0.5) is 5.82 Å². The van der Waals surface area contributed by atoms with Crippen molar-refractivity contribution < 1.29 is 0 Å². The summed E-state index contributed by atoms with van der Waals surface area (Å²) in [7, 11) is 0. The smallest absolute Gasteiger partial charge is 0.126 e. The van der Waals surface area contributed by atoms with Crippen LogP contribution in [0.15, 0.2) is 48.3 Å². The van der Waals surface area contributed by atoms with E-state index in [0.717, 1.165) is 18.8 Å². The van der Waals surface area contributed by atoms with Gasteiger partial charge < -0.3 is 5.32 Å². The molecule has 2 aliphatic rings. The lowest BCUT2D eigenvalue weighted by Gasteiger charge is -2.12. The minimum Gasteiger partial charge on any atom is -0.370 e. The normalized spacial score (nSPS) is 17.7. The monoisotopic (exact) mass is 334 g/mol. The Bertz CT molecular complexity index is 766. The van der Waals surface area contributed by atoms with Gasteiger partial charge in [-0.2, -0.15) is 5.10 Å². The Morgan fingerprint density at radius 3 is 2.96 bits per heavy atom. The zero-order chi connectivity index (χ0) is 16.9. The van der Waals surface area contributed by atoms with E-state index in [-0.39, 0.29) is 0 Å². The van der Waals surface area contributed by atoms with Gasteiger partial charge in [-0.25, -0.2) is 4.98 Å². The van der Waals surface area contributed by atoms with Gasteiger partial charge in [-0.1, -0.05) is 36.6 Å². The van der Waals surface area contributed by atoms with Crippen LogP contribution in [0.5, 0.6) is 0 Å². The predicted octanol–water partition coefficient (Wildman–Crippen LogP) is 5.21. The summed E-state index contributed by atoms with van der Waals surface area (Å²) in [6, 6.07) is 4.23. The molecule has 2 aliphatic carbocycles. The molecule has 0 saturated heterocycles. The summed E-state index contributed by atoms with van der Waals surface area (Å²) in [6.07, 6.45) is 19.3. The first-order chi connectivity index (χ1) is 12.4. The average Bonchev–Trinajstić information content (AvgIpc) is 3.34. The van der Waals surface area contributed by atoms with Gasteiger partial charge >= 0.3 is 0 Å². The first kappa shape index (κ1) is 16.1. The maximum absolute atomic E-state index is 4.48. The van der Waals surface area contributed by atoms with Crippen LogP contribution < -0.4 is 5.32 Å². The molecule has 0 aliphatic heterocycles. The molecule has 4 rings (SSSR count). The van der Waals surface area contributed by atoms with Crippen LogP contribution in [0.25, 0.3) is 11.1 Å². The molecule has 0 bridgehead atoms. The molecule has 4 heteroatoms. The molecule has 25 heavy (non-hydrogen) atoms. The summed E-state index contributed by atoms with van der Waals surface area (Å²) < 4.78 is 0. The Kier molecular flexibility index (Phi) is 4.96. The van der Waals surface area contributed by atoms with Crippen molar-refractivity contribution in [3.05, 3.63) is 54.0 Å². The van der Waals surface area contributed by atoms with Gasteiger partial charge in [0.15, 0.2) is 0 Å². The average molecular weight is 334 g/mol. The quantitative estimate of drug-likeness (QED) is 0.762. The number of nitrogens with one attached hydrogen (secondary N) is 2. The van der Waals surface area contributed by atoms with E-state index in [1.54, 1.807) is 0 Å². The molecule has 1 fully saturated rings. The van der Waals surface area contributed by atoms with Crippen LogP contribution in [-0.2, 0) is 0 Å². The molecule has 2 heterocycles. The van der Waals surface area contributed by atoms with E-state index in [9.17, 15) is 0 Å². The third-order valence-electron chi connectivity index (χ3n) is 5.29. The zero-order valence-corrected chi connectivity index (χ0v) is 14.7. The highest BCUT2D eigenvalue weighted by atomic mass is 15.1. The van der Waals surface area contributed by atoms with Crippen molar-refractivity contribution in [3.8, 4) is 11.1 Å². The lowest BCUT2D eigenvalue weighted by molar-refractivity contribution is 0.694. The molecule has 1 saturated carbocycles. The van der Waals surface area contributed by atoms with Crippen molar-refractivity contribution >= 4 is 5.82 Å². The van der Waals surface area contributed by atoms with Crippen LogP contribution in [0.2, 0.25) is 0 Å². The van der Waals surface area contributed by atoms with Gasteiger partial charge in [-0.3, -0.25) is 5.10 Å². The number of anilines is 1. The number of hydrogen-bond donors (Lipinski definition) is 2. The summed E-state index contributed by atoms with van der Waals surface area (Å²) in [4.78, 5) is 4.48. The first-order valence-corrected chi connectivity index (χ1v) is 9.49. The Balaban J connectivity index is 1.44. The standard InChI is InChI=1S/C21H26N4/c1-2-6-16(7-3-1)10-12-22-20-14-18(11-13-23-20)19-15-24-25-21(19)17-8-4-5-9-17/h2,6-7,11,13-15,17H,1,3-5,8-10,12H2,(H,22,23)(H,24,25). The fourth-order valence-corrected chi connectivity index (χ4v) is 3.93. The molecule has 2 aromatic heterocycles. The summed E-state index contributed by atoms with van der Waals surface area (Å²) in [6.45, 7) is 0.910. The fourth-order valence-electron chi connectivity index (χ4n) is 3.93. The summed E-state index contributed by atoms with van der Waals surface area (Å²) in [5, 5.41) is 11.0. The van der Waals surface area contributed by atoms with Gasteiger partial charge in [-0.05, 0) is 49.8 Å². The molecule has 0 atom stereocenters. The summed E-state index contributed by atoms with van der Waals surface area (Å²) >= 11 is 0. The highest BCUT2D eigenvalue weighted by Crippen LogP contribution is 2.38. The van der Waals surface area contributed by atoms with Gasteiger partial charge in [0.25, 0.3) is 0 Å². The van der Waals surface area contributed by atoms with Crippen LogP contribution >= 0.6 is 0 Å². The van der Waals surface area contributed by atoms with Crippen molar-refractivity contribution in [1.82, 2.24) is 15.2 Å². The Labute approximate surface area is 149 Å². The maximum atomic E-state index is 4.48. The number of allylic oxidation sites excluding steroid dienone is 3. The molecule has 0 spiro atoms. The second kappa shape index (κ2) is 7.68. The van der Waals surface area contributed by atoms with E-state index in [4.69, 9.17) is 0 Å². The number of aromatic nitrogens is 3.